The number of phenolic OH excluding ortho intramolecular Hbond substituents is 1. The smallest absolute Gasteiger partial charge is 0.412 e. The van der Waals surface area contributed by atoms with Gasteiger partial charge in [-0.05, 0) is 37.3 Å². The molecular weight excluding hydrogens is 419 g/mol. The summed E-state index contributed by atoms with van der Waals surface area (Å²) in [6.45, 7) is 1.60. The number of hydrogen-bond donors (Lipinski definition) is 2. The molecule has 2 aromatic carbocycles. The van der Waals surface area contributed by atoms with E-state index in [1.165, 1.54) is 18.2 Å². The number of fused-ring (bicyclic) bond motifs is 1. The highest BCUT2D eigenvalue weighted by Crippen LogP contribution is 2.40. The van der Waals surface area contributed by atoms with E-state index in [4.69, 9.17) is 10.2 Å². The second-order valence-electron chi connectivity index (χ2n) is 6.29. The number of hydrogen-bond acceptors (Lipinski definition) is 7. The van der Waals surface area contributed by atoms with Gasteiger partial charge < -0.3 is 20.0 Å². The van der Waals surface area contributed by atoms with Gasteiger partial charge >= 0.3 is 12.1 Å². The van der Waals surface area contributed by atoms with Gasteiger partial charge in [-0.2, -0.15) is 0 Å². The third kappa shape index (κ3) is 3.92. The van der Waals surface area contributed by atoms with Crippen LogP contribution in [0.15, 0.2) is 40.8 Å². The van der Waals surface area contributed by atoms with Gasteiger partial charge in [0.15, 0.2) is 0 Å². The number of halogens is 1. The Morgan fingerprint density at radius 3 is 2.40 bits per heavy atom. The molecule has 3 N–H and O–H groups in total. The maximum absolute atomic E-state index is 13.3. The monoisotopic (exact) mass is 436 g/mol. The highest BCUT2D eigenvalue weighted by molar-refractivity contribution is 7.92. The molecule has 0 unspecified atom stereocenters. The van der Waals surface area contributed by atoms with Crippen LogP contribution in [0, 0.1) is 5.82 Å². The third-order valence-electron chi connectivity index (χ3n) is 4.25. The molecule has 0 atom stereocenters. The van der Waals surface area contributed by atoms with Gasteiger partial charge in [0.1, 0.15) is 28.5 Å². The summed E-state index contributed by atoms with van der Waals surface area (Å²) in [6, 6.07) is 7.30. The number of amides is 1. The number of esters is 1. The number of nitrogens with two attached hydrogens (primary N) is 1. The number of benzene rings is 2. The summed E-state index contributed by atoms with van der Waals surface area (Å²) in [4.78, 5) is 23.6. The molecule has 0 saturated carbocycles. The van der Waals surface area contributed by atoms with E-state index in [2.05, 4.69) is 4.74 Å². The van der Waals surface area contributed by atoms with E-state index in [9.17, 15) is 27.5 Å². The molecule has 30 heavy (non-hydrogen) atoms. The number of primary amides is 1. The molecule has 0 fully saturated rings. The first-order chi connectivity index (χ1) is 14.0. The van der Waals surface area contributed by atoms with Crippen molar-refractivity contribution >= 4 is 38.7 Å². The Labute approximate surface area is 170 Å². The van der Waals surface area contributed by atoms with Crippen LogP contribution in [-0.4, -0.2) is 38.4 Å². The highest BCUT2D eigenvalue weighted by Gasteiger charge is 2.28. The average molecular weight is 436 g/mol. The molecule has 0 bridgehead atoms. The normalized spacial score (nSPS) is 11.4. The number of sulfonamides is 1. The standard InChI is InChI=1S/C19H17FN2O7S/c1-3-22(30(2,26)27)13-9-15-12(8-14(13)23)16(18(24)29-19(21)25)17(28-15)10-4-6-11(20)7-5-10/h4-9,23H,3H2,1-2H3,(H2,21,25). The number of furan rings is 1. The van der Waals surface area contributed by atoms with E-state index >= 15 is 0 Å². The predicted octanol–water partition coefficient (Wildman–Crippen LogP) is 2.97. The number of rotatable bonds is 5. The third-order valence-corrected chi connectivity index (χ3v) is 5.50. The minimum atomic E-state index is -3.71. The lowest BCUT2D eigenvalue weighted by Gasteiger charge is -2.21. The Morgan fingerprint density at radius 2 is 1.87 bits per heavy atom. The molecule has 1 heterocycles. The summed E-state index contributed by atoms with van der Waals surface area (Å²) in [6.07, 6.45) is -0.378. The Bertz CT molecular complexity index is 1250. The van der Waals surface area contributed by atoms with E-state index in [1.54, 1.807) is 6.92 Å². The molecular formula is C19H17FN2O7S. The molecule has 1 amide bonds. The minimum absolute atomic E-state index is 0.0278. The van der Waals surface area contributed by atoms with E-state index in [0.29, 0.717) is 0 Å². The Morgan fingerprint density at radius 1 is 1.23 bits per heavy atom. The van der Waals surface area contributed by atoms with Crippen molar-refractivity contribution < 1.29 is 36.7 Å². The van der Waals surface area contributed by atoms with Crippen molar-refractivity contribution in [3.63, 3.8) is 0 Å². The number of aromatic hydroxyl groups is 1. The number of nitrogens with zero attached hydrogens (tertiary/aromatic N) is 1. The minimum Gasteiger partial charge on any atom is -0.506 e. The van der Waals surface area contributed by atoms with E-state index in [-0.39, 0.29) is 40.1 Å². The van der Waals surface area contributed by atoms with E-state index in [0.717, 1.165) is 28.8 Å². The molecule has 0 aliphatic heterocycles. The molecule has 3 aromatic rings. The Kier molecular flexibility index (Phi) is 5.40. The molecule has 0 aliphatic carbocycles. The van der Waals surface area contributed by atoms with Crippen LogP contribution in [0.3, 0.4) is 0 Å². The van der Waals surface area contributed by atoms with Gasteiger partial charge in [-0.25, -0.2) is 22.4 Å². The van der Waals surface area contributed by atoms with Crippen molar-refractivity contribution in [2.24, 2.45) is 5.73 Å². The first-order valence-electron chi connectivity index (χ1n) is 8.57. The van der Waals surface area contributed by atoms with Crippen molar-refractivity contribution in [1.82, 2.24) is 0 Å². The zero-order valence-corrected chi connectivity index (χ0v) is 16.7. The van der Waals surface area contributed by atoms with Crippen LogP contribution in [0.5, 0.6) is 5.75 Å². The largest absolute Gasteiger partial charge is 0.506 e. The molecule has 158 valence electrons. The highest BCUT2D eigenvalue weighted by atomic mass is 32.2. The summed E-state index contributed by atoms with van der Waals surface area (Å²) < 4.78 is 48.5. The van der Waals surface area contributed by atoms with Crippen molar-refractivity contribution in [2.75, 3.05) is 17.1 Å². The Hall–Kier alpha value is -3.60. The zero-order chi connectivity index (χ0) is 22.2. The first kappa shape index (κ1) is 21.1. The number of carbonyl (C=O) groups is 2. The van der Waals surface area contributed by atoms with Crippen LogP contribution in [0.25, 0.3) is 22.3 Å². The lowest BCUT2D eigenvalue weighted by Crippen LogP contribution is -2.29. The van der Waals surface area contributed by atoms with Crippen molar-refractivity contribution in [3.8, 4) is 17.1 Å². The van der Waals surface area contributed by atoms with Crippen LogP contribution in [0.2, 0.25) is 0 Å². The summed E-state index contributed by atoms with van der Waals surface area (Å²) in [5, 5.41) is 10.5. The average Bonchev–Trinajstić information content (AvgIpc) is 2.99. The fourth-order valence-electron chi connectivity index (χ4n) is 3.05. The van der Waals surface area contributed by atoms with Crippen molar-refractivity contribution in [3.05, 3.63) is 47.8 Å². The molecule has 9 nitrogen and oxygen atoms in total. The van der Waals surface area contributed by atoms with Gasteiger partial charge in [0.05, 0.1) is 11.9 Å². The fraction of sp³-hybridized carbons (Fsp3) is 0.158. The number of phenols is 1. The van der Waals surface area contributed by atoms with E-state index in [1.807, 2.05) is 0 Å². The fourth-order valence-corrected chi connectivity index (χ4v) is 4.03. The molecule has 0 saturated heterocycles. The van der Waals surface area contributed by atoms with Gasteiger partial charge in [0.25, 0.3) is 0 Å². The second kappa shape index (κ2) is 7.67. The van der Waals surface area contributed by atoms with Crippen LogP contribution in [0.1, 0.15) is 17.3 Å². The van der Waals surface area contributed by atoms with E-state index < -0.39 is 33.7 Å². The van der Waals surface area contributed by atoms with Gasteiger partial charge in [0.2, 0.25) is 10.0 Å². The molecule has 1 aromatic heterocycles. The predicted molar refractivity (Wildman–Crippen MR) is 106 cm³/mol. The van der Waals surface area contributed by atoms with Gasteiger partial charge in [0, 0.05) is 23.6 Å². The number of ether oxygens (including phenoxy) is 1. The maximum atomic E-state index is 13.3. The summed E-state index contributed by atoms with van der Waals surface area (Å²) in [5.74, 6) is -2.20. The van der Waals surface area contributed by atoms with Crippen LogP contribution < -0.4 is 10.0 Å². The zero-order valence-electron chi connectivity index (χ0n) is 15.9. The van der Waals surface area contributed by atoms with Crippen molar-refractivity contribution in [2.45, 2.75) is 6.92 Å². The number of carbonyl (C=O) groups excluding carboxylic acids is 2. The second-order valence-corrected chi connectivity index (χ2v) is 8.19. The van der Waals surface area contributed by atoms with Gasteiger partial charge in [-0.3, -0.25) is 4.31 Å². The van der Waals surface area contributed by atoms with Crippen LogP contribution >= 0.6 is 0 Å². The number of anilines is 1. The first-order valence-corrected chi connectivity index (χ1v) is 10.4. The molecule has 0 aliphatic rings. The molecule has 3 rings (SSSR count). The molecule has 0 spiro atoms. The summed E-state index contributed by atoms with van der Waals surface area (Å²) in [7, 11) is -3.71. The van der Waals surface area contributed by atoms with Gasteiger partial charge in [-0.15, -0.1) is 0 Å². The SMILES string of the molecule is CCN(c1cc2oc(-c3ccc(F)cc3)c(C(=O)OC(N)=O)c2cc1O)S(C)(=O)=O. The maximum Gasteiger partial charge on any atom is 0.412 e. The summed E-state index contributed by atoms with van der Waals surface area (Å²) in [5.41, 5.74) is 4.93. The summed E-state index contributed by atoms with van der Waals surface area (Å²) >= 11 is 0. The quantitative estimate of drug-likeness (QED) is 0.463. The lowest BCUT2D eigenvalue weighted by atomic mass is 10.0. The Balaban J connectivity index is 2.30. The van der Waals surface area contributed by atoms with Gasteiger partial charge in [-0.1, -0.05) is 0 Å². The molecule has 0 radical (unpaired) electrons. The van der Waals surface area contributed by atoms with Crippen LogP contribution in [-0.2, 0) is 14.8 Å². The van der Waals surface area contributed by atoms with Crippen LogP contribution in [0.4, 0.5) is 14.9 Å². The van der Waals surface area contributed by atoms with Crippen molar-refractivity contribution in [1.29, 1.82) is 0 Å². The topological polar surface area (TPSA) is 140 Å². The molecule has 11 heteroatoms. The lowest BCUT2D eigenvalue weighted by molar-refractivity contribution is 0.0640.